The van der Waals surface area contributed by atoms with E-state index in [9.17, 15) is 27.6 Å². The van der Waals surface area contributed by atoms with Gasteiger partial charge in [0.05, 0.1) is 25.3 Å². The molecule has 1 saturated heterocycles. The van der Waals surface area contributed by atoms with E-state index >= 15 is 0 Å². The average molecular weight is 489 g/mol. The van der Waals surface area contributed by atoms with Crippen LogP contribution in [0.2, 0.25) is 0 Å². The van der Waals surface area contributed by atoms with Gasteiger partial charge in [-0.3, -0.25) is 14.4 Å². The Morgan fingerprint density at radius 1 is 1.23 bits per heavy atom. The number of hydrogen-bond donors (Lipinski definition) is 1. The number of aromatic nitrogens is 1. The van der Waals surface area contributed by atoms with Gasteiger partial charge in [-0.1, -0.05) is 12.2 Å². The van der Waals surface area contributed by atoms with Crippen LogP contribution < -0.4 is 15.5 Å². The van der Waals surface area contributed by atoms with Crippen molar-refractivity contribution in [1.82, 2.24) is 14.8 Å². The maximum absolute atomic E-state index is 14.0. The number of pyridine rings is 1. The molecule has 2 amide bonds. The van der Waals surface area contributed by atoms with Crippen molar-refractivity contribution in [3.05, 3.63) is 75.0 Å². The molecule has 1 fully saturated rings. The number of nitrogens with zero attached hydrogens (tertiary/aromatic N) is 2. The van der Waals surface area contributed by atoms with Crippen molar-refractivity contribution in [2.45, 2.75) is 31.0 Å². The van der Waals surface area contributed by atoms with Crippen LogP contribution in [-0.2, 0) is 11.3 Å². The maximum Gasteiger partial charge on any atom is 0.275 e. The van der Waals surface area contributed by atoms with Crippen LogP contribution in [0.15, 0.2) is 35.3 Å². The van der Waals surface area contributed by atoms with Crippen LogP contribution in [0.25, 0.3) is 0 Å². The molecular weight excluding hydrogens is 467 g/mol. The monoisotopic (exact) mass is 489 g/mol. The van der Waals surface area contributed by atoms with Crippen LogP contribution in [0, 0.1) is 17.5 Å². The van der Waals surface area contributed by atoms with Gasteiger partial charge < -0.3 is 24.3 Å². The molecule has 11 heteroatoms. The highest BCUT2D eigenvalue weighted by atomic mass is 19.1. The van der Waals surface area contributed by atoms with Crippen molar-refractivity contribution in [2.75, 3.05) is 26.9 Å². The van der Waals surface area contributed by atoms with Crippen LogP contribution in [0.5, 0.6) is 5.75 Å². The first-order chi connectivity index (χ1) is 16.8. The molecular formula is C24H22F3N3O5. The number of fused-ring (bicyclic) bond motifs is 2. The lowest BCUT2D eigenvalue weighted by molar-refractivity contribution is -0.0774. The Labute approximate surface area is 197 Å². The Morgan fingerprint density at radius 2 is 1.97 bits per heavy atom. The van der Waals surface area contributed by atoms with Gasteiger partial charge in [0.25, 0.3) is 11.8 Å². The minimum Gasteiger partial charge on any atom is -0.491 e. The number of carbonyl (C=O) groups is 2. The van der Waals surface area contributed by atoms with Crippen LogP contribution in [-0.4, -0.2) is 53.7 Å². The van der Waals surface area contributed by atoms with E-state index in [1.807, 2.05) is 12.2 Å². The third-order valence-corrected chi connectivity index (χ3v) is 6.93. The van der Waals surface area contributed by atoms with E-state index in [4.69, 9.17) is 9.47 Å². The zero-order valence-corrected chi connectivity index (χ0v) is 18.8. The molecule has 8 nitrogen and oxygen atoms in total. The van der Waals surface area contributed by atoms with Crippen LogP contribution in [0.4, 0.5) is 13.2 Å². The van der Waals surface area contributed by atoms with Crippen molar-refractivity contribution in [3.63, 3.8) is 0 Å². The van der Waals surface area contributed by atoms with Gasteiger partial charge in [-0.05, 0) is 12.8 Å². The summed E-state index contributed by atoms with van der Waals surface area (Å²) in [5.74, 6) is -5.02. The fourth-order valence-electron chi connectivity index (χ4n) is 5.25. The van der Waals surface area contributed by atoms with Crippen molar-refractivity contribution < 1.29 is 32.2 Å². The lowest BCUT2D eigenvalue weighted by Gasteiger charge is -2.55. The number of benzene rings is 1. The van der Waals surface area contributed by atoms with E-state index in [0.717, 1.165) is 0 Å². The molecule has 0 radical (unpaired) electrons. The normalized spacial score (nSPS) is 22.8. The van der Waals surface area contributed by atoms with E-state index in [-0.39, 0.29) is 23.0 Å². The Kier molecular flexibility index (Phi) is 5.66. The number of ether oxygens (including phenoxy) is 2. The fraction of sp³-hybridized carbons (Fsp3) is 0.375. The first kappa shape index (κ1) is 23.2. The quantitative estimate of drug-likeness (QED) is 0.666. The third-order valence-electron chi connectivity index (χ3n) is 6.93. The number of nitrogens with one attached hydrogen (secondary N) is 1. The minimum atomic E-state index is -1.16. The van der Waals surface area contributed by atoms with E-state index in [1.165, 1.54) is 13.3 Å². The van der Waals surface area contributed by atoms with Gasteiger partial charge in [-0.2, -0.15) is 0 Å². The molecule has 0 saturated carbocycles. The average Bonchev–Trinajstić information content (AvgIpc) is 2.83. The second kappa shape index (κ2) is 8.56. The number of carbonyl (C=O) groups excluding carboxylic acids is 2. The van der Waals surface area contributed by atoms with E-state index in [2.05, 4.69) is 5.32 Å². The van der Waals surface area contributed by atoms with Crippen molar-refractivity contribution in [3.8, 4) is 5.75 Å². The van der Waals surface area contributed by atoms with Crippen LogP contribution in [0.1, 0.15) is 45.3 Å². The molecule has 1 aromatic carbocycles. The lowest BCUT2D eigenvalue weighted by atomic mass is 9.77. The molecule has 2 atom stereocenters. The van der Waals surface area contributed by atoms with Crippen LogP contribution in [0.3, 0.4) is 0 Å². The predicted octanol–water partition coefficient (Wildman–Crippen LogP) is 2.32. The zero-order valence-electron chi connectivity index (χ0n) is 18.8. The molecule has 1 spiro atoms. The molecule has 0 aliphatic carbocycles. The number of hydrogen-bond acceptors (Lipinski definition) is 5. The molecule has 2 aromatic rings. The summed E-state index contributed by atoms with van der Waals surface area (Å²) in [5, 5.41) is 2.31. The standard InChI is InChI=1S/C24H22F3N3O5/c1-34-21-19-23(33)30-6-3-2-5-24(30)12-35-7-4-18(24)29(19)11-15(20(21)31)22(32)28-10-14-16(26)8-13(25)9-17(14)27/h2-3,8-9,11,18H,4-7,10,12H2,1H3,(H,28,32)/t18?,24-/m1/s1. The largest absolute Gasteiger partial charge is 0.491 e. The second-order valence-corrected chi connectivity index (χ2v) is 8.74. The molecule has 0 bridgehead atoms. The Hall–Kier alpha value is -3.60. The molecule has 3 aliphatic heterocycles. The van der Waals surface area contributed by atoms with Gasteiger partial charge in [0.2, 0.25) is 5.43 Å². The van der Waals surface area contributed by atoms with Crippen molar-refractivity contribution in [2.24, 2.45) is 0 Å². The highest BCUT2D eigenvalue weighted by molar-refractivity contribution is 6.00. The summed E-state index contributed by atoms with van der Waals surface area (Å²) in [4.78, 5) is 41.3. The lowest BCUT2D eigenvalue weighted by Crippen LogP contribution is -2.66. The fourth-order valence-corrected chi connectivity index (χ4v) is 5.25. The van der Waals surface area contributed by atoms with Gasteiger partial charge in [-0.25, -0.2) is 13.2 Å². The van der Waals surface area contributed by atoms with E-state index < -0.39 is 52.3 Å². The molecule has 1 unspecified atom stereocenters. The van der Waals surface area contributed by atoms with E-state index in [0.29, 0.717) is 44.7 Å². The second-order valence-electron chi connectivity index (χ2n) is 8.74. The predicted molar refractivity (Wildman–Crippen MR) is 117 cm³/mol. The number of methoxy groups -OCH3 is 1. The molecule has 4 heterocycles. The van der Waals surface area contributed by atoms with Gasteiger partial charge in [0.1, 0.15) is 23.0 Å². The van der Waals surface area contributed by atoms with Crippen LogP contribution >= 0.6 is 0 Å². The Bertz CT molecular complexity index is 1300. The number of halogens is 3. The third kappa shape index (κ3) is 3.53. The van der Waals surface area contributed by atoms with Gasteiger partial charge >= 0.3 is 0 Å². The first-order valence-electron chi connectivity index (χ1n) is 11.1. The Balaban J connectivity index is 1.56. The summed E-state index contributed by atoms with van der Waals surface area (Å²) in [6.07, 6.45) is 6.24. The summed E-state index contributed by atoms with van der Waals surface area (Å²) in [6, 6.07) is 0.714. The SMILES string of the molecule is COc1c2n(cc(C(=O)NCc3c(F)cc(F)cc3F)c1=O)C1CCOC[C@]13CC=CCN3C2=O. The summed E-state index contributed by atoms with van der Waals surface area (Å²) in [5.41, 5.74) is -2.35. The van der Waals surface area contributed by atoms with Crippen molar-refractivity contribution in [1.29, 1.82) is 0 Å². The molecule has 3 aliphatic rings. The summed E-state index contributed by atoms with van der Waals surface area (Å²) < 4.78 is 53.8. The van der Waals surface area contributed by atoms with Gasteiger partial charge in [0, 0.05) is 43.6 Å². The van der Waals surface area contributed by atoms with Crippen molar-refractivity contribution >= 4 is 11.8 Å². The topological polar surface area (TPSA) is 89.9 Å². The molecule has 1 N–H and O–H groups in total. The van der Waals surface area contributed by atoms with Gasteiger partial charge in [0.15, 0.2) is 11.4 Å². The number of amides is 2. The maximum atomic E-state index is 14.0. The Morgan fingerprint density at radius 3 is 2.69 bits per heavy atom. The molecule has 35 heavy (non-hydrogen) atoms. The summed E-state index contributed by atoms with van der Waals surface area (Å²) >= 11 is 0. The zero-order chi connectivity index (χ0) is 24.9. The smallest absolute Gasteiger partial charge is 0.275 e. The van der Waals surface area contributed by atoms with Gasteiger partial charge in [-0.15, -0.1) is 0 Å². The number of rotatable bonds is 4. The summed E-state index contributed by atoms with van der Waals surface area (Å²) in [6.45, 7) is 0.467. The first-order valence-corrected chi connectivity index (χ1v) is 11.1. The highest BCUT2D eigenvalue weighted by Crippen LogP contribution is 2.46. The molecule has 1 aromatic heterocycles. The highest BCUT2D eigenvalue weighted by Gasteiger charge is 2.54. The molecule has 184 valence electrons. The minimum absolute atomic E-state index is 0.0440. The van der Waals surface area contributed by atoms with E-state index in [1.54, 1.807) is 9.47 Å². The molecule has 5 rings (SSSR count). The summed E-state index contributed by atoms with van der Waals surface area (Å²) in [7, 11) is 1.23.